The average molecular weight is 680 g/mol. The third kappa shape index (κ3) is 4.30. The fourth-order valence-electron chi connectivity index (χ4n) is 7.76. The van der Waals surface area contributed by atoms with Crippen LogP contribution < -0.4 is 0 Å². The van der Waals surface area contributed by atoms with E-state index >= 15 is 0 Å². The van der Waals surface area contributed by atoms with Gasteiger partial charge in [-0.1, -0.05) is 121 Å². The molecule has 0 N–H and O–H groups in total. The van der Waals surface area contributed by atoms with Gasteiger partial charge in [0.25, 0.3) is 0 Å². The monoisotopic (exact) mass is 679 g/mol. The fourth-order valence-corrected chi connectivity index (χ4v) is 7.76. The van der Waals surface area contributed by atoms with E-state index in [9.17, 15) is 5.26 Å². The Morgan fingerprint density at radius 2 is 1.04 bits per heavy atom. The Morgan fingerprint density at radius 1 is 0.491 bits per heavy atom. The lowest BCUT2D eigenvalue weighted by molar-refractivity contribution is 0.668. The minimum Gasteiger partial charge on any atom is -0.455 e. The predicted molar refractivity (Wildman–Crippen MR) is 210 cm³/mol. The molecule has 7 nitrogen and oxygen atoms in total. The maximum absolute atomic E-state index is 11.1. The number of benzene rings is 7. The minimum atomic E-state index is 0.409. The molecule has 11 aromatic rings. The molecule has 0 unspecified atom stereocenters. The molecular weight excluding hydrogens is 655 g/mol. The zero-order chi connectivity index (χ0) is 35.0. The van der Waals surface area contributed by atoms with Crippen LogP contribution in [0.2, 0.25) is 0 Å². The van der Waals surface area contributed by atoms with Crippen molar-refractivity contribution in [2.75, 3.05) is 0 Å². The highest BCUT2D eigenvalue weighted by Crippen LogP contribution is 2.46. The molecule has 246 valence electrons. The number of nitriles is 1. The van der Waals surface area contributed by atoms with Gasteiger partial charge in [0.05, 0.1) is 33.2 Å². The van der Waals surface area contributed by atoms with Crippen molar-refractivity contribution in [3.05, 3.63) is 157 Å². The van der Waals surface area contributed by atoms with E-state index in [2.05, 4.69) is 41.0 Å². The van der Waals surface area contributed by atoms with Gasteiger partial charge in [-0.2, -0.15) is 5.26 Å². The summed E-state index contributed by atoms with van der Waals surface area (Å²) in [5, 5.41) is 16.9. The molecule has 4 aromatic heterocycles. The summed E-state index contributed by atoms with van der Waals surface area (Å²) >= 11 is 0. The Balaban J connectivity index is 1.30. The summed E-state index contributed by atoms with van der Waals surface area (Å²) < 4.78 is 15.6. The van der Waals surface area contributed by atoms with Crippen molar-refractivity contribution >= 4 is 65.7 Å². The number of hydrogen-bond acceptors (Lipinski definition) is 6. The lowest BCUT2D eigenvalue weighted by Crippen LogP contribution is -2.03. The first-order chi connectivity index (χ1) is 26.2. The largest absolute Gasteiger partial charge is 0.455 e. The van der Waals surface area contributed by atoms with E-state index in [-0.39, 0.29) is 0 Å². The van der Waals surface area contributed by atoms with E-state index in [0.29, 0.717) is 45.5 Å². The number of rotatable bonds is 4. The van der Waals surface area contributed by atoms with E-state index in [1.54, 1.807) is 0 Å². The Bertz CT molecular complexity index is 3240. The maximum Gasteiger partial charge on any atom is 0.167 e. The average Bonchev–Trinajstić information content (AvgIpc) is 3.91. The molecule has 0 fully saturated rings. The van der Waals surface area contributed by atoms with Gasteiger partial charge in [-0.3, -0.25) is 0 Å². The van der Waals surface area contributed by atoms with Crippen LogP contribution >= 0.6 is 0 Å². The van der Waals surface area contributed by atoms with Crippen molar-refractivity contribution in [1.82, 2.24) is 19.5 Å². The summed E-state index contributed by atoms with van der Waals surface area (Å²) in [6.07, 6.45) is 0. The first-order valence-corrected chi connectivity index (χ1v) is 17.3. The normalized spacial score (nSPS) is 11.8. The molecule has 0 atom stereocenters. The molecule has 7 aromatic carbocycles. The SMILES string of the molecule is N#Cc1cc(-c2nc(-c3ccccc3)nc(-c3ccccc3)n2)c2oc3ccccc3c2c1-n1c2ccccc2c2ccc3c4ccccc4oc3c21. The number of para-hydroxylation sites is 3. The van der Waals surface area contributed by atoms with Crippen LogP contribution in [0.25, 0.3) is 106 Å². The summed E-state index contributed by atoms with van der Waals surface area (Å²) in [4.78, 5) is 15.0. The summed E-state index contributed by atoms with van der Waals surface area (Å²) in [6.45, 7) is 0. The van der Waals surface area contributed by atoms with Gasteiger partial charge in [0, 0.05) is 38.1 Å². The first-order valence-electron chi connectivity index (χ1n) is 17.3. The summed E-state index contributed by atoms with van der Waals surface area (Å²) in [7, 11) is 0. The second-order valence-corrected chi connectivity index (χ2v) is 13.1. The third-order valence-corrected chi connectivity index (χ3v) is 10.1. The zero-order valence-electron chi connectivity index (χ0n) is 28.0. The van der Waals surface area contributed by atoms with Crippen molar-refractivity contribution in [2.24, 2.45) is 0 Å². The molecule has 11 rings (SSSR count). The third-order valence-electron chi connectivity index (χ3n) is 10.1. The Kier molecular flexibility index (Phi) is 6.18. The van der Waals surface area contributed by atoms with Crippen molar-refractivity contribution < 1.29 is 8.83 Å². The Morgan fingerprint density at radius 3 is 1.74 bits per heavy atom. The quantitative estimate of drug-likeness (QED) is 0.184. The highest BCUT2D eigenvalue weighted by Gasteiger charge is 2.27. The molecule has 0 aliphatic rings. The van der Waals surface area contributed by atoms with E-state index in [0.717, 1.165) is 65.6 Å². The summed E-state index contributed by atoms with van der Waals surface area (Å²) in [6, 6.07) is 52.8. The smallest absolute Gasteiger partial charge is 0.167 e. The van der Waals surface area contributed by atoms with Gasteiger partial charge < -0.3 is 13.4 Å². The first kappa shape index (κ1) is 29.2. The van der Waals surface area contributed by atoms with Gasteiger partial charge in [-0.25, -0.2) is 15.0 Å². The van der Waals surface area contributed by atoms with Crippen molar-refractivity contribution in [3.8, 4) is 45.9 Å². The lowest BCUT2D eigenvalue weighted by atomic mass is 10.0. The lowest BCUT2D eigenvalue weighted by Gasteiger charge is -2.14. The second-order valence-electron chi connectivity index (χ2n) is 13.1. The van der Waals surface area contributed by atoms with Gasteiger partial charge in [0.15, 0.2) is 23.1 Å². The minimum absolute atomic E-state index is 0.409. The van der Waals surface area contributed by atoms with Gasteiger partial charge in [0.1, 0.15) is 22.8 Å². The van der Waals surface area contributed by atoms with E-state index in [1.165, 1.54) is 0 Å². The van der Waals surface area contributed by atoms with Crippen LogP contribution in [0.4, 0.5) is 0 Å². The molecule has 0 aliphatic heterocycles. The van der Waals surface area contributed by atoms with Crippen LogP contribution in [0.3, 0.4) is 0 Å². The number of nitrogens with zero attached hydrogens (tertiary/aromatic N) is 5. The van der Waals surface area contributed by atoms with Gasteiger partial charge in [0.2, 0.25) is 0 Å². The molecule has 0 aliphatic carbocycles. The van der Waals surface area contributed by atoms with Crippen LogP contribution in [0, 0.1) is 11.3 Å². The molecule has 53 heavy (non-hydrogen) atoms. The zero-order valence-corrected chi connectivity index (χ0v) is 28.0. The van der Waals surface area contributed by atoms with Gasteiger partial charge >= 0.3 is 0 Å². The standard InChI is InChI=1S/C46H25N5O2/c47-26-29-25-35(46-49-44(27-13-3-1-4-14-27)48-45(50-46)28-15-5-2-6-16-28)42-39(34-19-9-12-22-38(34)52-42)40(29)51-36-20-10-7-17-30(36)32-23-24-33-31-18-8-11-21-37(31)53-43(33)41(32)51/h1-25H. The molecule has 0 spiro atoms. The van der Waals surface area contributed by atoms with Crippen LogP contribution in [0.1, 0.15) is 5.56 Å². The molecular formula is C46H25N5O2. The van der Waals surface area contributed by atoms with Crippen LogP contribution in [-0.4, -0.2) is 19.5 Å². The highest BCUT2D eigenvalue weighted by atomic mass is 16.3. The maximum atomic E-state index is 11.1. The molecule has 7 heteroatoms. The number of fused-ring (bicyclic) bond motifs is 10. The Hall–Kier alpha value is -7.56. The number of hydrogen-bond donors (Lipinski definition) is 0. The molecule has 0 amide bonds. The van der Waals surface area contributed by atoms with Crippen molar-refractivity contribution in [1.29, 1.82) is 5.26 Å². The van der Waals surface area contributed by atoms with Crippen molar-refractivity contribution in [2.45, 2.75) is 0 Å². The molecule has 0 saturated carbocycles. The fraction of sp³-hybridized carbons (Fsp3) is 0. The Labute approximate surface area is 301 Å². The summed E-state index contributed by atoms with van der Waals surface area (Å²) in [5.74, 6) is 1.46. The summed E-state index contributed by atoms with van der Waals surface area (Å²) in [5.41, 5.74) is 8.11. The van der Waals surface area contributed by atoms with Crippen LogP contribution in [-0.2, 0) is 0 Å². The topological polar surface area (TPSA) is 93.7 Å². The highest BCUT2D eigenvalue weighted by molar-refractivity contribution is 6.23. The van der Waals surface area contributed by atoms with Crippen LogP contribution in [0.5, 0.6) is 0 Å². The van der Waals surface area contributed by atoms with E-state index in [1.807, 2.05) is 121 Å². The van der Waals surface area contributed by atoms with Gasteiger partial charge in [-0.05, 0) is 30.3 Å². The molecule has 0 bridgehead atoms. The molecule has 0 radical (unpaired) electrons. The number of aromatic nitrogens is 4. The van der Waals surface area contributed by atoms with E-state index in [4.69, 9.17) is 23.8 Å². The second kappa shape index (κ2) is 11.2. The predicted octanol–water partition coefficient (Wildman–Crippen LogP) is 11.6. The van der Waals surface area contributed by atoms with Crippen LogP contribution in [0.15, 0.2) is 160 Å². The molecule has 0 saturated heterocycles. The molecule has 4 heterocycles. The van der Waals surface area contributed by atoms with E-state index < -0.39 is 0 Å². The number of furan rings is 2. The van der Waals surface area contributed by atoms with Crippen molar-refractivity contribution in [3.63, 3.8) is 0 Å². The van der Waals surface area contributed by atoms with Gasteiger partial charge in [-0.15, -0.1) is 0 Å².